The van der Waals surface area contributed by atoms with E-state index >= 15 is 0 Å². The molecule has 1 heterocycles. The third-order valence-electron chi connectivity index (χ3n) is 3.50. The first kappa shape index (κ1) is 16.9. The molecule has 0 fully saturated rings. The summed E-state index contributed by atoms with van der Waals surface area (Å²) in [6.07, 6.45) is 2.49. The van der Waals surface area contributed by atoms with Crippen LogP contribution in [-0.2, 0) is 20.7 Å². The van der Waals surface area contributed by atoms with Crippen molar-refractivity contribution in [1.29, 1.82) is 0 Å². The Bertz CT molecular complexity index is 693. The number of ether oxygens (including phenoxy) is 1. The number of hydrogen-bond acceptors (Lipinski definition) is 4. The van der Waals surface area contributed by atoms with E-state index in [4.69, 9.17) is 4.84 Å². The molecule has 0 saturated heterocycles. The summed E-state index contributed by atoms with van der Waals surface area (Å²) < 4.78 is 6.34. The van der Waals surface area contributed by atoms with Gasteiger partial charge in [-0.15, -0.1) is 0 Å². The Kier molecular flexibility index (Phi) is 5.62. The predicted octanol–water partition coefficient (Wildman–Crippen LogP) is 1.70. The number of amides is 1. The SMILES string of the molecule is COC(=O)CC(C)On1cc(CCNC(C)=O)c2ccccc21. The van der Waals surface area contributed by atoms with Gasteiger partial charge in [0.2, 0.25) is 5.91 Å². The topological polar surface area (TPSA) is 69.6 Å². The van der Waals surface area contributed by atoms with Gasteiger partial charge in [-0.2, -0.15) is 4.73 Å². The van der Waals surface area contributed by atoms with Gasteiger partial charge in [0.15, 0.2) is 0 Å². The second kappa shape index (κ2) is 7.67. The van der Waals surface area contributed by atoms with Gasteiger partial charge >= 0.3 is 5.97 Å². The molecular weight excluding hydrogens is 296 g/mol. The zero-order valence-electron chi connectivity index (χ0n) is 13.7. The first-order valence-corrected chi connectivity index (χ1v) is 7.58. The third-order valence-corrected chi connectivity index (χ3v) is 3.50. The normalized spacial score (nSPS) is 12.0. The average molecular weight is 318 g/mol. The summed E-state index contributed by atoms with van der Waals surface area (Å²) in [5.74, 6) is -0.350. The number of rotatable bonds is 7. The van der Waals surface area contributed by atoms with E-state index in [1.165, 1.54) is 14.0 Å². The molecule has 2 aromatic rings. The zero-order chi connectivity index (χ0) is 16.8. The van der Waals surface area contributed by atoms with Crippen molar-refractivity contribution in [1.82, 2.24) is 10.0 Å². The fourth-order valence-corrected chi connectivity index (χ4v) is 2.43. The van der Waals surface area contributed by atoms with Gasteiger partial charge in [0.05, 0.1) is 19.0 Å². The van der Waals surface area contributed by atoms with Crippen molar-refractivity contribution in [2.75, 3.05) is 13.7 Å². The third kappa shape index (κ3) is 4.48. The minimum Gasteiger partial charge on any atom is -0.469 e. The van der Waals surface area contributed by atoms with Gasteiger partial charge in [-0.05, 0) is 25.0 Å². The Balaban J connectivity index is 2.16. The average Bonchev–Trinajstić information content (AvgIpc) is 2.85. The lowest BCUT2D eigenvalue weighted by Crippen LogP contribution is -2.25. The van der Waals surface area contributed by atoms with Gasteiger partial charge in [-0.3, -0.25) is 9.59 Å². The molecule has 6 nitrogen and oxygen atoms in total. The Morgan fingerprint density at radius 1 is 1.30 bits per heavy atom. The summed E-state index contributed by atoms with van der Waals surface area (Å²) in [5.41, 5.74) is 2.02. The molecule has 23 heavy (non-hydrogen) atoms. The van der Waals surface area contributed by atoms with Gasteiger partial charge in [0.25, 0.3) is 0 Å². The Morgan fingerprint density at radius 2 is 2.04 bits per heavy atom. The van der Waals surface area contributed by atoms with Gasteiger partial charge in [-0.1, -0.05) is 18.2 Å². The molecule has 1 N–H and O–H groups in total. The number of methoxy groups -OCH3 is 1. The Labute approximate surface area is 135 Å². The first-order valence-electron chi connectivity index (χ1n) is 7.58. The highest BCUT2D eigenvalue weighted by Crippen LogP contribution is 2.21. The molecule has 124 valence electrons. The number of nitrogens with one attached hydrogen (secondary N) is 1. The predicted molar refractivity (Wildman–Crippen MR) is 87.0 cm³/mol. The number of carbonyl (C=O) groups excluding carboxylic acids is 2. The molecule has 2 rings (SSSR count). The van der Waals surface area contributed by atoms with Crippen LogP contribution in [0.15, 0.2) is 30.5 Å². The van der Waals surface area contributed by atoms with Crippen LogP contribution in [0.5, 0.6) is 0 Å². The molecule has 0 bridgehead atoms. The fraction of sp³-hybridized carbons (Fsp3) is 0.412. The lowest BCUT2D eigenvalue weighted by Gasteiger charge is -2.14. The molecule has 0 spiro atoms. The van der Waals surface area contributed by atoms with Crippen molar-refractivity contribution in [2.45, 2.75) is 32.8 Å². The fourth-order valence-electron chi connectivity index (χ4n) is 2.43. The van der Waals surface area contributed by atoms with E-state index in [1.54, 1.807) is 4.73 Å². The number of aromatic nitrogens is 1. The molecule has 6 heteroatoms. The minimum atomic E-state index is -0.306. The highest BCUT2D eigenvalue weighted by atomic mass is 16.7. The largest absolute Gasteiger partial charge is 0.469 e. The molecule has 1 amide bonds. The van der Waals surface area contributed by atoms with E-state index in [9.17, 15) is 9.59 Å². The lowest BCUT2D eigenvalue weighted by molar-refractivity contribution is -0.143. The van der Waals surface area contributed by atoms with Gasteiger partial charge in [0, 0.05) is 25.1 Å². The van der Waals surface area contributed by atoms with Crippen molar-refractivity contribution >= 4 is 22.8 Å². The van der Waals surface area contributed by atoms with Gasteiger partial charge in [0.1, 0.15) is 6.10 Å². The maximum absolute atomic E-state index is 11.3. The molecule has 0 saturated carbocycles. The molecule has 0 radical (unpaired) electrons. The number of nitrogens with zero attached hydrogens (tertiary/aromatic N) is 1. The van der Waals surface area contributed by atoms with Gasteiger partial charge < -0.3 is 14.9 Å². The van der Waals surface area contributed by atoms with E-state index in [0.717, 1.165) is 16.5 Å². The second-order valence-corrected chi connectivity index (χ2v) is 5.43. The van der Waals surface area contributed by atoms with E-state index in [1.807, 2.05) is 37.4 Å². The lowest BCUT2D eigenvalue weighted by atomic mass is 10.1. The number of para-hydroxylation sites is 1. The molecule has 0 aliphatic carbocycles. The van der Waals surface area contributed by atoms with Crippen LogP contribution in [0, 0.1) is 0 Å². The molecule has 0 aliphatic heterocycles. The molecular formula is C17H22N2O4. The number of benzene rings is 1. The standard InChI is InChI=1S/C17H22N2O4/c1-12(10-17(21)22-3)23-19-11-14(8-9-18-13(2)20)15-6-4-5-7-16(15)19/h4-7,11-12H,8-10H2,1-3H3,(H,18,20). The number of fused-ring (bicyclic) bond motifs is 1. The molecule has 1 aromatic heterocycles. The van der Waals surface area contributed by atoms with E-state index in [-0.39, 0.29) is 24.4 Å². The minimum absolute atomic E-state index is 0.0447. The van der Waals surface area contributed by atoms with Crippen LogP contribution < -0.4 is 10.2 Å². The first-order chi connectivity index (χ1) is 11.0. The summed E-state index contributed by atoms with van der Waals surface area (Å²) in [6, 6.07) is 7.88. The van der Waals surface area contributed by atoms with Crippen LogP contribution in [0.25, 0.3) is 10.9 Å². The van der Waals surface area contributed by atoms with Crippen LogP contribution in [0.1, 0.15) is 25.8 Å². The summed E-state index contributed by atoms with van der Waals surface area (Å²) >= 11 is 0. The van der Waals surface area contributed by atoms with Gasteiger partial charge in [-0.25, -0.2) is 0 Å². The number of carbonyl (C=O) groups is 2. The summed E-state index contributed by atoms with van der Waals surface area (Å²) in [7, 11) is 1.36. The molecule has 1 atom stereocenters. The van der Waals surface area contributed by atoms with E-state index < -0.39 is 0 Å². The molecule has 0 aliphatic rings. The molecule has 1 unspecified atom stereocenters. The van der Waals surface area contributed by atoms with E-state index in [0.29, 0.717) is 13.0 Å². The highest BCUT2D eigenvalue weighted by molar-refractivity contribution is 5.83. The summed E-state index contributed by atoms with van der Waals surface area (Å²) in [5, 5.41) is 3.86. The van der Waals surface area contributed by atoms with Crippen LogP contribution in [0.3, 0.4) is 0 Å². The van der Waals surface area contributed by atoms with Crippen LogP contribution in [-0.4, -0.2) is 36.4 Å². The van der Waals surface area contributed by atoms with Crippen LogP contribution in [0.2, 0.25) is 0 Å². The number of esters is 1. The monoisotopic (exact) mass is 318 g/mol. The second-order valence-electron chi connectivity index (χ2n) is 5.43. The quantitative estimate of drug-likeness (QED) is 0.789. The van der Waals surface area contributed by atoms with Crippen molar-refractivity contribution in [3.8, 4) is 0 Å². The Hall–Kier alpha value is -2.50. The smallest absolute Gasteiger partial charge is 0.309 e. The summed E-state index contributed by atoms with van der Waals surface area (Å²) in [4.78, 5) is 28.2. The number of hydrogen-bond donors (Lipinski definition) is 1. The summed E-state index contributed by atoms with van der Waals surface area (Å²) in [6.45, 7) is 3.89. The molecule has 1 aromatic carbocycles. The van der Waals surface area contributed by atoms with Crippen molar-refractivity contribution in [3.63, 3.8) is 0 Å². The van der Waals surface area contributed by atoms with Crippen molar-refractivity contribution in [3.05, 3.63) is 36.0 Å². The Morgan fingerprint density at radius 3 is 2.74 bits per heavy atom. The van der Waals surface area contributed by atoms with Crippen molar-refractivity contribution in [2.24, 2.45) is 0 Å². The van der Waals surface area contributed by atoms with E-state index in [2.05, 4.69) is 10.1 Å². The zero-order valence-corrected chi connectivity index (χ0v) is 13.7. The maximum atomic E-state index is 11.3. The maximum Gasteiger partial charge on any atom is 0.309 e. The highest BCUT2D eigenvalue weighted by Gasteiger charge is 2.14. The van der Waals surface area contributed by atoms with Crippen LogP contribution >= 0.6 is 0 Å². The van der Waals surface area contributed by atoms with Crippen LogP contribution in [0.4, 0.5) is 0 Å². The van der Waals surface area contributed by atoms with Crippen molar-refractivity contribution < 1.29 is 19.2 Å².